The highest BCUT2D eigenvalue weighted by molar-refractivity contribution is 5.22. The summed E-state index contributed by atoms with van der Waals surface area (Å²) in [6, 6.07) is 10.9. The molecular weight excluding hydrogens is 232 g/mol. The Kier molecular flexibility index (Phi) is 4.64. The number of hydrogen-bond donors (Lipinski definition) is 1. The summed E-state index contributed by atoms with van der Waals surface area (Å²) in [4.78, 5) is 2.60. The molecule has 0 amide bonds. The fraction of sp³-hybridized carbons (Fsp3) is 0.647. The molecule has 1 aromatic rings. The number of nitrogens with two attached hydrogens (primary N) is 1. The minimum absolute atomic E-state index is 0.420. The second kappa shape index (κ2) is 6.06. The van der Waals surface area contributed by atoms with Crippen LogP contribution in [0.4, 0.5) is 0 Å². The van der Waals surface area contributed by atoms with E-state index in [2.05, 4.69) is 56.0 Å². The van der Waals surface area contributed by atoms with E-state index >= 15 is 0 Å². The van der Waals surface area contributed by atoms with Crippen LogP contribution in [-0.2, 0) is 0 Å². The van der Waals surface area contributed by atoms with Gasteiger partial charge in [0, 0.05) is 19.0 Å². The molecule has 1 saturated heterocycles. The molecule has 0 aliphatic carbocycles. The zero-order valence-electron chi connectivity index (χ0n) is 12.6. The molecule has 2 heteroatoms. The lowest BCUT2D eigenvalue weighted by atomic mass is 9.89. The fourth-order valence-corrected chi connectivity index (χ4v) is 2.95. The Hall–Kier alpha value is -0.860. The summed E-state index contributed by atoms with van der Waals surface area (Å²) in [6.45, 7) is 11.3. The summed E-state index contributed by atoms with van der Waals surface area (Å²) in [5, 5.41) is 0. The topological polar surface area (TPSA) is 29.3 Å². The molecule has 1 heterocycles. The van der Waals surface area contributed by atoms with Crippen LogP contribution in [0.3, 0.4) is 0 Å². The maximum Gasteiger partial charge on any atom is 0.00540 e. The standard InChI is InChI=1S/C17H28N2/c1-17(2,3)9-10-19-12-15(11-18)16(13-19)14-7-5-4-6-8-14/h4-8,15-16H,9-13,18H2,1-3H3/t15-,16+/m1/s1. The van der Waals surface area contributed by atoms with E-state index in [1.54, 1.807) is 0 Å². The van der Waals surface area contributed by atoms with E-state index in [4.69, 9.17) is 5.73 Å². The molecule has 0 spiro atoms. The van der Waals surface area contributed by atoms with Crippen LogP contribution in [0, 0.1) is 11.3 Å². The smallest absolute Gasteiger partial charge is 0.00540 e. The highest BCUT2D eigenvalue weighted by Crippen LogP contribution is 2.32. The molecule has 2 rings (SSSR count). The summed E-state index contributed by atoms with van der Waals surface area (Å²) in [5.74, 6) is 1.23. The van der Waals surface area contributed by atoms with Crippen molar-refractivity contribution in [3.63, 3.8) is 0 Å². The summed E-state index contributed by atoms with van der Waals surface area (Å²) in [6.07, 6.45) is 1.26. The third kappa shape index (κ3) is 4.05. The minimum atomic E-state index is 0.420. The highest BCUT2D eigenvalue weighted by Gasteiger charge is 2.32. The fourth-order valence-electron chi connectivity index (χ4n) is 2.95. The highest BCUT2D eigenvalue weighted by atomic mass is 15.2. The van der Waals surface area contributed by atoms with Crippen LogP contribution in [0.2, 0.25) is 0 Å². The predicted molar refractivity (Wildman–Crippen MR) is 82.2 cm³/mol. The van der Waals surface area contributed by atoms with Gasteiger partial charge in [-0.1, -0.05) is 51.1 Å². The zero-order valence-corrected chi connectivity index (χ0v) is 12.6. The van der Waals surface area contributed by atoms with Crippen molar-refractivity contribution in [1.82, 2.24) is 4.90 Å². The van der Waals surface area contributed by atoms with Crippen LogP contribution in [-0.4, -0.2) is 31.1 Å². The van der Waals surface area contributed by atoms with Crippen molar-refractivity contribution in [2.75, 3.05) is 26.2 Å². The van der Waals surface area contributed by atoms with Gasteiger partial charge in [0.1, 0.15) is 0 Å². The molecule has 106 valence electrons. The van der Waals surface area contributed by atoms with E-state index in [0.29, 0.717) is 17.3 Å². The third-order valence-electron chi connectivity index (χ3n) is 4.23. The number of nitrogens with zero attached hydrogens (tertiary/aromatic N) is 1. The molecule has 0 radical (unpaired) electrons. The van der Waals surface area contributed by atoms with Gasteiger partial charge < -0.3 is 10.6 Å². The van der Waals surface area contributed by atoms with Gasteiger partial charge in [0.15, 0.2) is 0 Å². The number of likely N-dealkylation sites (tertiary alicyclic amines) is 1. The Bertz CT molecular complexity index is 380. The minimum Gasteiger partial charge on any atom is -0.330 e. The van der Waals surface area contributed by atoms with Gasteiger partial charge in [-0.15, -0.1) is 0 Å². The van der Waals surface area contributed by atoms with E-state index in [-0.39, 0.29) is 0 Å². The molecule has 2 atom stereocenters. The van der Waals surface area contributed by atoms with Gasteiger partial charge in [-0.05, 0) is 36.4 Å². The lowest BCUT2D eigenvalue weighted by molar-refractivity contribution is 0.258. The summed E-state index contributed by atoms with van der Waals surface area (Å²) >= 11 is 0. The second-order valence-corrected chi connectivity index (χ2v) is 7.08. The second-order valence-electron chi connectivity index (χ2n) is 7.08. The molecule has 1 aliphatic heterocycles. The molecule has 0 bridgehead atoms. The third-order valence-corrected chi connectivity index (χ3v) is 4.23. The lowest BCUT2D eigenvalue weighted by Crippen LogP contribution is -2.26. The molecule has 0 aromatic heterocycles. The van der Waals surface area contributed by atoms with Crippen LogP contribution >= 0.6 is 0 Å². The molecule has 1 aromatic carbocycles. The average molecular weight is 260 g/mol. The summed E-state index contributed by atoms with van der Waals surface area (Å²) in [7, 11) is 0. The Morgan fingerprint density at radius 2 is 1.84 bits per heavy atom. The van der Waals surface area contributed by atoms with E-state index in [1.165, 1.54) is 25.1 Å². The first-order chi connectivity index (χ1) is 8.99. The maximum absolute atomic E-state index is 5.98. The van der Waals surface area contributed by atoms with E-state index in [1.807, 2.05) is 0 Å². The largest absolute Gasteiger partial charge is 0.330 e. The summed E-state index contributed by atoms with van der Waals surface area (Å²) < 4.78 is 0. The van der Waals surface area contributed by atoms with Crippen LogP contribution < -0.4 is 5.73 Å². The van der Waals surface area contributed by atoms with Gasteiger partial charge in [0.2, 0.25) is 0 Å². The number of hydrogen-bond acceptors (Lipinski definition) is 2. The Labute approximate surface area is 118 Å². The molecular formula is C17H28N2. The SMILES string of the molecule is CC(C)(C)CCN1C[C@@H](CN)[C@H](c2ccccc2)C1. The average Bonchev–Trinajstić information content (AvgIpc) is 2.80. The summed E-state index contributed by atoms with van der Waals surface area (Å²) in [5.41, 5.74) is 7.85. The van der Waals surface area contributed by atoms with Crippen molar-refractivity contribution < 1.29 is 0 Å². The van der Waals surface area contributed by atoms with E-state index in [9.17, 15) is 0 Å². The molecule has 1 aliphatic rings. The van der Waals surface area contributed by atoms with Crippen molar-refractivity contribution in [1.29, 1.82) is 0 Å². The first kappa shape index (κ1) is 14.5. The molecule has 2 N–H and O–H groups in total. The van der Waals surface area contributed by atoms with Crippen molar-refractivity contribution in [3.05, 3.63) is 35.9 Å². The van der Waals surface area contributed by atoms with E-state index in [0.717, 1.165) is 13.1 Å². The molecule has 0 unspecified atom stereocenters. The van der Waals surface area contributed by atoms with Crippen molar-refractivity contribution >= 4 is 0 Å². The lowest BCUT2D eigenvalue weighted by Gasteiger charge is -2.23. The van der Waals surface area contributed by atoms with Gasteiger partial charge in [-0.2, -0.15) is 0 Å². The van der Waals surface area contributed by atoms with Crippen LogP contribution in [0.1, 0.15) is 38.7 Å². The molecule has 0 saturated carbocycles. The van der Waals surface area contributed by atoms with Crippen molar-refractivity contribution in [2.45, 2.75) is 33.1 Å². The Morgan fingerprint density at radius 3 is 2.42 bits per heavy atom. The monoisotopic (exact) mass is 260 g/mol. The van der Waals surface area contributed by atoms with Crippen LogP contribution in [0.25, 0.3) is 0 Å². The Balaban J connectivity index is 1.98. The van der Waals surface area contributed by atoms with Crippen molar-refractivity contribution in [2.24, 2.45) is 17.1 Å². The normalized spacial score (nSPS) is 24.8. The predicted octanol–water partition coefficient (Wildman–Crippen LogP) is 3.10. The van der Waals surface area contributed by atoms with E-state index < -0.39 is 0 Å². The van der Waals surface area contributed by atoms with Gasteiger partial charge in [0.25, 0.3) is 0 Å². The number of rotatable bonds is 4. The van der Waals surface area contributed by atoms with Crippen molar-refractivity contribution in [3.8, 4) is 0 Å². The first-order valence-corrected chi connectivity index (χ1v) is 7.47. The molecule has 2 nitrogen and oxygen atoms in total. The van der Waals surface area contributed by atoms with Crippen LogP contribution in [0.5, 0.6) is 0 Å². The quantitative estimate of drug-likeness (QED) is 0.901. The van der Waals surface area contributed by atoms with Gasteiger partial charge in [-0.3, -0.25) is 0 Å². The number of benzene rings is 1. The molecule has 1 fully saturated rings. The van der Waals surface area contributed by atoms with Gasteiger partial charge >= 0.3 is 0 Å². The van der Waals surface area contributed by atoms with Gasteiger partial charge in [-0.25, -0.2) is 0 Å². The maximum atomic E-state index is 5.98. The van der Waals surface area contributed by atoms with Crippen LogP contribution in [0.15, 0.2) is 30.3 Å². The van der Waals surface area contributed by atoms with Gasteiger partial charge in [0.05, 0.1) is 0 Å². The Morgan fingerprint density at radius 1 is 1.16 bits per heavy atom. The molecule has 19 heavy (non-hydrogen) atoms. The zero-order chi connectivity index (χ0) is 13.9. The first-order valence-electron chi connectivity index (χ1n) is 7.47.